The Balaban J connectivity index is 1.73. The number of carbonyl (C=O) groups excluding carboxylic acids is 1. The summed E-state index contributed by atoms with van der Waals surface area (Å²) in [5.41, 5.74) is 1.96. The van der Waals surface area contributed by atoms with Gasteiger partial charge in [-0.15, -0.1) is 0 Å². The number of aromatic nitrogens is 1. The SMILES string of the molecule is COCCN1C(=O)C(=Cc2cc3ccccc3nc2N2CCCCC2)SC1=S. The number of rotatable bonds is 5. The third kappa shape index (κ3) is 3.92. The van der Waals surface area contributed by atoms with Gasteiger partial charge in [0.05, 0.1) is 23.6 Å². The van der Waals surface area contributed by atoms with Crippen LogP contribution >= 0.6 is 24.0 Å². The van der Waals surface area contributed by atoms with Crippen LogP contribution in [0.2, 0.25) is 0 Å². The third-order valence-electron chi connectivity index (χ3n) is 5.07. The number of thioether (sulfide) groups is 1. The molecule has 3 heterocycles. The molecule has 0 spiro atoms. The lowest BCUT2D eigenvalue weighted by Gasteiger charge is -2.29. The lowest BCUT2D eigenvalue weighted by atomic mass is 10.1. The highest BCUT2D eigenvalue weighted by atomic mass is 32.2. The molecule has 7 heteroatoms. The van der Waals surface area contributed by atoms with E-state index in [1.807, 2.05) is 24.3 Å². The number of thiocarbonyl (C=S) groups is 1. The van der Waals surface area contributed by atoms with E-state index in [1.54, 1.807) is 12.0 Å². The van der Waals surface area contributed by atoms with Gasteiger partial charge in [0, 0.05) is 31.1 Å². The van der Waals surface area contributed by atoms with Crippen LogP contribution in [0.4, 0.5) is 5.82 Å². The van der Waals surface area contributed by atoms with E-state index in [-0.39, 0.29) is 5.91 Å². The summed E-state index contributed by atoms with van der Waals surface area (Å²) in [4.78, 5) is 22.4. The molecular weight excluding hydrogens is 390 g/mol. The van der Waals surface area contributed by atoms with Gasteiger partial charge < -0.3 is 9.64 Å². The first-order chi connectivity index (χ1) is 13.7. The Kier molecular flexibility index (Phi) is 5.94. The van der Waals surface area contributed by atoms with E-state index in [0.717, 1.165) is 35.4 Å². The van der Waals surface area contributed by atoms with E-state index in [1.165, 1.54) is 31.0 Å². The van der Waals surface area contributed by atoms with Gasteiger partial charge in [-0.1, -0.05) is 42.2 Å². The van der Waals surface area contributed by atoms with Gasteiger partial charge >= 0.3 is 0 Å². The molecule has 1 aromatic heterocycles. The fourth-order valence-corrected chi connectivity index (χ4v) is 4.90. The molecule has 2 saturated heterocycles. The first-order valence-corrected chi connectivity index (χ1v) is 10.8. The van der Waals surface area contributed by atoms with Gasteiger partial charge in [-0.25, -0.2) is 4.98 Å². The van der Waals surface area contributed by atoms with Crippen molar-refractivity contribution in [3.8, 4) is 0 Å². The summed E-state index contributed by atoms with van der Waals surface area (Å²) in [5.74, 6) is 0.908. The summed E-state index contributed by atoms with van der Waals surface area (Å²) in [7, 11) is 1.62. The lowest BCUT2D eigenvalue weighted by Crippen LogP contribution is -2.31. The Morgan fingerprint density at radius 3 is 2.82 bits per heavy atom. The monoisotopic (exact) mass is 413 g/mol. The van der Waals surface area contributed by atoms with Crippen LogP contribution in [0.15, 0.2) is 35.2 Å². The van der Waals surface area contributed by atoms with E-state index in [9.17, 15) is 4.79 Å². The van der Waals surface area contributed by atoms with Gasteiger partial charge in [-0.05, 0) is 37.5 Å². The van der Waals surface area contributed by atoms with Crippen LogP contribution in [0.3, 0.4) is 0 Å². The van der Waals surface area contributed by atoms with Gasteiger partial charge in [0.15, 0.2) is 0 Å². The van der Waals surface area contributed by atoms with E-state index in [2.05, 4.69) is 17.0 Å². The molecular formula is C21H23N3O2S2. The second-order valence-corrected chi connectivity index (χ2v) is 8.64. The number of ether oxygens (including phenoxy) is 1. The molecule has 4 rings (SSSR count). The summed E-state index contributed by atoms with van der Waals surface area (Å²) in [6.07, 6.45) is 5.56. The molecule has 2 aliphatic heterocycles. The molecule has 0 unspecified atom stereocenters. The maximum absolute atomic E-state index is 12.8. The molecule has 28 heavy (non-hydrogen) atoms. The molecule has 1 aromatic carbocycles. The Morgan fingerprint density at radius 2 is 2.04 bits per heavy atom. The van der Waals surface area contributed by atoms with Crippen LogP contribution in [0.1, 0.15) is 24.8 Å². The molecule has 146 valence electrons. The lowest BCUT2D eigenvalue weighted by molar-refractivity contribution is -0.122. The second kappa shape index (κ2) is 8.59. The number of nitrogens with zero attached hydrogens (tertiary/aromatic N) is 3. The molecule has 0 radical (unpaired) electrons. The molecule has 0 N–H and O–H groups in total. The number of piperidine rings is 1. The fraction of sp³-hybridized carbons (Fsp3) is 0.381. The van der Waals surface area contributed by atoms with Crippen LogP contribution in [-0.2, 0) is 9.53 Å². The quantitative estimate of drug-likeness (QED) is 0.544. The highest BCUT2D eigenvalue weighted by molar-refractivity contribution is 8.26. The fourth-order valence-electron chi connectivity index (χ4n) is 3.60. The van der Waals surface area contributed by atoms with E-state index < -0.39 is 0 Å². The number of pyridine rings is 1. The molecule has 0 bridgehead atoms. The van der Waals surface area contributed by atoms with Crippen LogP contribution in [-0.4, -0.2) is 53.5 Å². The number of methoxy groups -OCH3 is 1. The topological polar surface area (TPSA) is 45.7 Å². The third-order valence-corrected chi connectivity index (χ3v) is 6.44. The van der Waals surface area contributed by atoms with Gasteiger partial charge in [0.1, 0.15) is 10.1 Å². The van der Waals surface area contributed by atoms with Crippen molar-refractivity contribution in [1.82, 2.24) is 9.88 Å². The van der Waals surface area contributed by atoms with Crippen molar-refractivity contribution in [2.45, 2.75) is 19.3 Å². The van der Waals surface area contributed by atoms with Crippen molar-refractivity contribution in [1.29, 1.82) is 0 Å². The van der Waals surface area contributed by atoms with E-state index in [4.69, 9.17) is 21.9 Å². The minimum atomic E-state index is -0.0511. The van der Waals surface area contributed by atoms with Crippen molar-refractivity contribution in [3.63, 3.8) is 0 Å². The molecule has 2 fully saturated rings. The maximum atomic E-state index is 12.8. The van der Waals surface area contributed by atoms with Crippen molar-refractivity contribution < 1.29 is 9.53 Å². The number of hydrogen-bond donors (Lipinski definition) is 0. The Bertz CT molecular complexity index is 938. The number of amides is 1. The molecule has 2 aromatic rings. The smallest absolute Gasteiger partial charge is 0.266 e. The summed E-state index contributed by atoms with van der Waals surface area (Å²) in [5, 5.41) is 1.07. The summed E-state index contributed by atoms with van der Waals surface area (Å²) in [6.45, 7) is 2.95. The average Bonchev–Trinajstić information content (AvgIpc) is 2.99. The summed E-state index contributed by atoms with van der Waals surface area (Å²) >= 11 is 6.76. The predicted octanol–water partition coefficient (Wildman–Crippen LogP) is 4.07. The van der Waals surface area contributed by atoms with E-state index >= 15 is 0 Å². The normalized spacial score (nSPS) is 19.2. The number of para-hydroxylation sites is 1. The van der Waals surface area contributed by atoms with Crippen LogP contribution in [0.25, 0.3) is 17.0 Å². The highest BCUT2D eigenvalue weighted by Crippen LogP contribution is 2.35. The second-order valence-electron chi connectivity index (χ2n) is 6.97. The molecule has 2 aliphatic rings. The molecule has 0 atom stereocenters. The number of fused-ring (bicyclic) bond motifs is 1. The zero-order chi connectivity index (χ0) is 19.5. The van der Waals surface area contributed by atoms with Gasteiger partial charge in [-0.2, -0.15) is 0 Å². The Morgan fingerprint density at radius 1 is 1.25 bits per heavy atom. The number of carbonyl (C=O) groups is 1. The van der Waals surface area contributed by atoms with E-state index in [0.29, 0.717) is 22.4 Å². The summed E-state index contributed by atoms with van der Waals surface area (Å²) in [6, 6.07) is 10.3. The number of anilines is 1. The molecule has 0 saturated carbocycles. The Labute approximate surface area is 174 Å². The van der Waals surface area contributed by atoms with Crippen molar-refractivity contribution in [2.24, 2.45) is 0 Å². The average molecular weight is 414 g/mol. The van der Waals surface area contributed by atoms with Crippen LogP contribution in [0.5, 0.6) is 0 Å². The van der Waals surface area contributed by atoms with Crippen molar-refractivity contribution >= 4 is 57.0 Å². The molecule has 1 amide bonds. The Hall–Kier alpha value is -1.96. The number of benzene rings is 1. The standard InChI is InChI=1S/C21H23N3O2S2/c1-26-12-11-24-20(25)18(28-21(24)27)14-16-13-15-7-3-4-8-17(15)22-19(16)23-9-5-2-6-10-23/h3-4,7-8,13-14H,2,5-6,9-12H2,1H3. The number of hydrogen-bond acceptors (Lipinski definition) is 6. The molecule has 5 nitrogen and oxygen atoms in total. The maximum Gasteiger partial charge on any atom is 0.266 e. The van der Waals surface area contributed by atoms with Gasteiger partial charge in [0.2, 0.25) is 0 Å². The minimum Gasteiger partial charge on any atom is -0.383 e. The van der Waals surface area contributed by atoms with Crippen LogP contribution < -0.4 is 4.90 Å². The molecule has 0 aliphatic carbocycles. The van der Waals surface area contributed by atoms with Crippen molar-refractivity contribution in [3.05, 3.63) is 40.8 Å². The van der Waals surface area contributed by atoms with Crippen molar-refractivity contribution in [2.75, 3.05) is 38.3 Å². The van der Waals surface area contributed by atoms with Gasteiger partial charge in [0.25, 0.3) is 5.91 Å². The predicted molar refractivity (Wildman–Crippen MR) is 120 cm³/mol. The largest absolute Gasteiger partial charge is 0.383 e. The van der Waals surface area contributed by atoms with Crippen LogP contribution in [0, 0.1) is 0 Å². The van der Waals surface area contributed by atoms with Gasteiger partial charge in [-0.3, -0.25) is 9.69 Å². The first kappa shape index (κ1) is 19.4. The zero-order valence-corrected chi connectivity index (χ0v) is 17.5. The first-order valence-electron chi connectivity index (χ1n) is 9.56. The minimum absolute atomic E-state index is 0.0511. The highest BCUT2D eigenvalue weighted by Gasteiger charge is 2.32. The summed E-state index contributed by atoms with van der Waals surface area (Å²) < 4.78 is 5.69. The zero-order valence-electron chi connectivity index (χ0n) is 15.9.